The summed E-state index contributed by atoms with van der Waals surface area (Å²) in [5.41, 5.74) is 2.83. The van der Waals surface area contributed by atoms with E-state index in [1.54, 1.807) is 6.20 Å². The van der Waals surface area contributed by atoms with Gasteiger partial charge in [0, 0.05) is 25.2 Å². The Morgan fingerprint density at radius 3 is 2.76 bits per heavy atom. The molecule has 3 aromatic rings. The van der Waals surface area contributed by atoms with Gasteiger partial charge in [0.25, 0.3) is 5.56 Å². The van der Waals surface area contributed by atoms with Gasteiger partial charge in [-0.2, -0.15) is 5.10 Å². The SMILES string of the molecule is C=C(c1ccccc1)N1CCC(n2ncc3c(=O)[nH]c(CC4CCCC4)nc32)C1. The summed E-state index contributed by atoms with van der Waals surface area (Å²) in [7, 11) is 0. The molecule has 0 radical (unpaired) electrons. The van der Waals surface area contributed by atoms with Crippen LogP contribution in [0.15, 0.2) is 47.9 Å². The van der Waals surface area contributed by atoms with E-state index in [1.807, 2.05) is 22.9 Å². The largest absolute Gasteiger partial charge is 0.369 e. The lowest BCUT2D eigenvalue weighted by Gasteiger charge is -2.21. The minimum atomic E-state index is -0.0715. The van der Waals surface area contributed by atoms with Crippen LogP contribution in [0.25, 0.3) is 16.7 Å². The number of fused-ring (bicyclic) bond motifs is 1. The Kier molecular flexibility index (Phi) is 4.70. The van der Waals surface area contributed by atoms with Gasteiger partial charge in [0.2, 0.25) is 0 Å². The van der Waals surface area contributed by atoms with Crippen LogP contribution in [0.4, 0.5) is 0 Å². The summed E-state index contributed by atoms with van der Waals surface area (Å²) in [5.74, 6) is 1.45. The third kappa shape index (κ3) is 3.48. The number of likely N-dealkylation sites (tertiary alicyclic amines) is 1. The number of rotatable bonds is 5. The van der Waals surface area contributed by atoms with Gasteiger partial charge < -0.3 is 9.88 Å². The van der Waals surface area contributed by atoms with Crippen molar-refractivity contribution in [1.82, 2.24) is 24.6 Å². The number of benzene rings is 1. The predicted molar refractivity (Wildman–Crippen MR) is 115 cm³/mol. The van der Waals surface area contributed by atoms with Gasteiger partial charge in [-0.05, 0) is 17.9 Å². The lowest BCUT2D eigenvalue weighted by Crippen LogP contribution is -2.21. The summed E-state index contributed by atoms with van der Waals surface area (Å²) >= 11 is 0. The highest BCUT2D eigenvalue weighted by atomic mass is 16.1. The average molecular weight is 390 g/mol. The van der Waals surface area contributed by atoms with Crippen molar-refractivity contribution in [3.05, 3.63) is 64.8 Å². The first-order valence-electron chi connectivity index (χ1n) is 10.6. The van der Waals surface area contributed by atoms with Crippen molar-refractivity contribution in [2.24, 2.45) is 5.92 Å². The smallest absolute Gasteiger partial charge is 0.262 e. The monoisotopic (exact) mass is 389 g/mol. The highest BCUT2D eigenvalue weighted by Crippen LogP contribution is 2.30. The van der Waals surface area contributed by atoms with Crippen LogP contribution >= 0.6 is 0 Å². The van der Waals surface area contributed by atoms with Crippen molar-refractivity contribution >= 4 is 16.7 Å². The molecule has 1 aromatic carbocycles. The van der Waals surface area contributed by atoms with E-state index >= 15 is 0 Å². The molecule has 2 aromatic heterocycles. The van der Waals surface area contributed by atoms with Gasteiger partial charge in [-0.25, -0.2) is 9.67 Å². The predicted octanol–water partition coefficient (Wildman–Crippen LogP) is 3.77. The van der Waals surface area contributed by atoms with Gasteiger partial charge in [-0.15, -0.1) is 0 Å². The van der Waals surface area contributed by atoms with E-state index < -0.39 is 0 Å². The Bertz CT molecular complexity index is 1080. The lowest BCUT2D eigenvalue weighted by atomic mass is 10.0. The zero-order valence-corrected chi connectivity index (χ0v) is 16.7. The molecular weight excluding hydrogens is 362 g/mol. The molecular formula is C23H27N5O. The summed E-state index contributed by atoms with van der Waals surface area (Å²) in [4.78, 5) is 22.7. The zero-order chi connectivity index (χ0) is 19.8. The third-order valence-corrected chi connectivity index (χ3v) is 6.47. The first-order valence-corrected chi connectivity index (χ1v) is 10.6. The van der Waals surface area contributed by atoms with E-state index in [1.165, 1.54) is 25.7 Å². The first-order chi connectivity index (χ1) is 14.2. The Morgan fingerprint density at radius 2 is 1.97 bits per heavy atom. The molecule has 1 aliphatic heterocycles. The molecule has 5 rings (SSSR count). The summed E-state index contributed by atoms with van der Waals surface area (Å²) < 4.78 is 1.96. The van der Waals surface area contributed by atoms with Crippen molar-refractivity contribution < 1.29 is 0 Å². The van der Waals surface area contributed by atoms with Crippen LogP contribution in [-0.4, -0.2) is 37.7 Å². The maximum absolute atomic E-state index is 12.6. The molecule has 2 fully saturated rings. The Morgan fingerprint density at radius 1 is 1.17 bits per heavy atom. The standard InChI is InChI=1S/C23H27N5O/c1-16(18-9-3-2-4-10-18)27-12-11-19(15-27)28-22-20(14-24-28)23(29)26-21(25-22)13-17-7-5-6-8-17/h2-4,9-10,14,17,19H,1,5-8,11-13,15H2,(H,25,26,29). The maximum atomic E-state index is 12.6. The van der Waals surface area contributed by atoms with Crippen LogP contribution < -0.4 is 5.56 Å². The normalized spacial score (nSPS) is 20.0. The Hall–Kier alpha value is -2.89. The Labute approximate surface area is 170 Å². The molecule has 1 N–H and O–H groups in total. The highest BCUT2D eigenvalue weighted by molar-refractivity contribution is 5.73. The second-order valence-electron chi connectivity index (χ2n) is 8.39. The van der Waals surface area contributed by atoms with Crippen LogP contribution in [-0.2, 0) is 6.42 Å². The number of hydrogen-bond donors (Lipinski definition) is 1. The molecule has 150 valence electrons. The van der Waals surface area contributed by atoms with Gasteiger partial charge in [0.15, 0.2) is 5.65 Å². The molecule has 6 nitrogen and oxygen atoms in total. The van der Waals surface area contributed by atoms with Crippen molar-refractivity contribution in [2.75, 3.05) is 13.1 Å². The molecule has 6 heteroatoms. The fourth-order valence-corrected chi connectivity index (χ4v) is 4.83. The molecule has 1 aliphatic carbocycles. The van der Waals surface area contributed by atoms with Gasteiger partial charge in [0.05, 0.1) is 12.2 Å². The van der Waals surface area contributed by atoms with Gasteiger partial charge >= 0.3 is 0 Å². The quantitative estimate of drug-likeness (QED) is 0.721. The molecule has 1 saturated carbocycles. The summed E-state index contributed by atoms with van der Waals surface area (Å²) in [6.07, 6.45) is 8.54. The van der Waals surface area contributed by atoms with Crippen LogP contribution in [0, 0.1) is 5.92 Å². The minimum Gasteiger partial charge on any atom is -0.369 e. The van der Waals surface area contributed by atoms with Crippen molar-refractivity contribution in [1.29, 1.82) is 0 Å². The van der Waals surface area contributed by atoms with Crippen LogP contribution in [0.2, 0.25) is 0 Å². The minimum absolute atomic E-state index is 0.0715. The van der Waals surface area contributed by atoms with E-state index in [9.17, 15) is 4.79 Å². The highest BCUT2D eigenvalue weighted by Gasteiger charge is 2.28. The van der Waals surface area contributed by atoms with Crippen LogP contribution in [0.1, 0.15) is 49.5 Å². The summed E-state index contributed by atoms with van der Waals surface area (Å²) in [6, 6.07) is 10.5. The van der Waals surface area contributed by atoms with E-state index in [-0.39, 0.29) is 11.6 Å². The van der Waals surface area contributed by atoms with E-state index in [2.05, 4.69) is 33.7 Å². The van der Waals surface area contributed by atoms with Gasteiger partial charge in [-0.3, -0.25) is 4.79 Å². The molecule has 0 bridgehead atoms. The van der Waals surface area contributed by atoms with Crippen LogP contribution in [0.5, 0.6) is 0 Å². The first kappa shape index (κ1) is 18.2. The number of aromatic amines is 1. The van der Waals surface area contributed by atoms with Crippen molar-refractivity contribution in [2.45, 2.75) is 44.6 Å². The number of nitrogens with zero attached hydrogens (tertiary/aromatic N) is 4. The molecule has 0 amide bonds. The van der Waals surface area contributed by atoms with E-state index in [0.29, 0.717) is 11.3 Å². The maximum Gasteiger partial charge on any atom is 0.262 e. The molecule has 2 aliphatic rings. The lowest BCUT2D eigenvalue weighted by molar-refractivity contribution is 0.436. The number of H-pyrrole nitrogens is 1. The molecule has 1 unspecified atom stereocenters. The van der Waals surface area contributed by atoms with Crippen molar-refractivity contribution in [3.8, 4) is 0 Å². The second-order valence-corrected chi connectivity index (χ2v) is 8.39. The number of hydrogen-bond acceptors (Lipinski definition) is 4. The van der Waals surface area contributed by atoms with E-state index in [4.69, 9.17) is 4.98 Å². The van der Waals surface area contributed by atoms with Gasteiger partial charge in [0.1, 0.15) is 11.2 Å². The summed E-state index contributed by atoms with van der Waals surface area (Å²) in [6.45, 7) is 6.06. The van der Waals surface area contributed by atoms with Crippen molar-refractivity contribution in [3.63, 3.8) is 0 Å². The van der Waals surface area contributed by atoms with E-state index in [0.717, 1.165) is 48.7 Å². The second kappa shape index (κ2) is 7.50. The number of nitrogens with one attached hydrogen (secondary N) is 1. The topological polar surface area (TPSA) is 66.8 Å². The summed E-state index contributed by atoms with van der Waals surface area (Å²) in [5, 5.41) is 5.14. The fraction of sp³-hybridized carbons (Fsp3) is 0.435. The molecule has 1 saturated heterocycles. The number of aromatic nitrogens is 4. The fourth-order valence-electron chi connectivity index (χ4n) is 4.83. The average Bonchev–Trinajstić information content (AvgIpc) is 3.48. The zero-order valence-electron chi connectivity index (χ0n) is 16.7. The van der Waals surface area contributed by atoms with Crippen LogP contribution in [0.3, 0.4) is 0 Å². The Balaban J connectivity index is 1.39. The van der Waals surface area contributed by atoms with Gasteiger partial charge in [-0.1, -0.05) is 62.6 Å². The molecule has 1 atom stereocenters. The molecule has 0 spiro atoms. The molecule has 3 heterocycles. The molecule has 29 heavy (non-hydrogen) atoms. The third-order valence-electron chi connectivity index (χ3n) is 6.47.